The van der Waals surface area contributed by atoms with Crippen LogP contribution in [0, 0.1) is 10.1 Å². The molecule has 0 aromatic rings. The third-order valence-electron chi connectivity index (χ3n) is 1.22. The zero-order chi connectivity index (χ0) is 10.3. The molecule has 0 radical (unpaired) electrons. The predicted octanol–water partition coefficient (Wildman–Crippen LogP) is 0.918. The van der Waals surface area contributed by atoms with Gasteiger partial charge < -0.3 is 4.74 Å². The highest BCUT2D eigenvalue weighted by Crippen LogP contribution is 1.96. The van der Waals surface area contributed by atoms with Gasteiger partial charge in [0.2, 0.25) is 6.54 Å². The molecule has 0 spiro atoms. The SMILES string of the molecule is CCOC(=O)N(CCl)CC[N+](=O)[O-]. The van der Waals surface area contributed by atoms with E-state index in [0.717, 1.165) is 4.90 Å². The van der Waals surface area contributed by atoms with Crippen LogP contribution >= 0.6 is 11.6 Å². The number of carbonyl (C=O) groups excluding carboxylic acids is 1. The van der Waals surface area contributed by atoms with Crippen molar-refractivity contribution in [1.29, 1.82) is 0 Å². The van der Waals surface area contributed by atoms with Gasteiger partial charge in [-0.25, -0.2) is 4.79 Å². The van der Waals surface area contributed by atoms with Gasteiger partial charge in [0.15, 0.2) is 0 Å². The van der Waals surface area contributed by atoms with E-state index in [1.165, 1.54) is 0 Å². The lowest BCUT2D eigenvalue weighted by molar-refractivity contribution is -0.479. The maximum absolute atomic E-state index is 11.0. The summed E-state index contributed by atoms with van der Waals surface area (Å²) in [7, 11) is 0. The molecule has 0 heterocycles. The topological polar surface area (TPSA) is 72.7 Å². The number of rotatable bonds is 5. The summed E-state index contributed by atoms with van der Waals surface area (Å²) >= 11 is 5.38. The molecule has 1 amide bonds. The molecule has 7 heteroatoms. The summed E-state index contributed by atoms with van der Waals surface area (Å²) in [6.45, 7) is 1.52. The van der Waals surface area contributed by atoms with Crippen LogP contribution in [0.3, 0.4) is 0 Å². The maximum atomic E-state index is 11.0. The zero-order valence-electron chi connectivity index (χ0n) is 7.23. The third kappa shape index (κ3) is 5.24. The van der Waals surface area contributed by atoms with Crippen LogP contribution in [0.5, 0.6) is 0 Å². The lowest BCUT2D eigenvalue weighted by atomic mass is 10.6. The molecule has 0 aliphatic carbocycles. The van der Waals surface area contributed by atoms with E-state index in [1.807, 2.05) is 0 Å². The van der Waals surface area contributed by atoms with E-state index in [9.17, 15) is 14.9 Å². The second-order valence-corrected chi connectivity index (χ2v) is 2.38. The predicted molar refractivity (Wildman–Crippen MR) is 46.3 cm³/mol. The molecule has 0 N–H and O–H groups in total. The van der Waals surface area contributed by atoms with Crippen molar-refractivity contribution in [3.8, 4) is 0 Å². The molecule has 13 heavy (non-hydrogen) atoms. The van der Waals surface area contributed by atoms with Crippen LogP contribution in [0.1, 0.15) is 6.92 Å². The van der Waals surface area contributed by atoms with Crippen molar-refractivity contribution in [2.45, 2.75) is 6.92 Å². The number of ether oxygens (including phenoxy) is 1. The second kappa shape index (κ2) is 6.47. The first-order valence-electron chi connectivity index (χ1n) is 3.71. The normalized spacial score (nSPS) is 9.38. The number of nitrogens with zero attached hydrogens (tertiary/aromatic N) is 2. The van der Waals surface area contributed by atoms with Gasteiger partial charge in [-0.15, -0.1) is 11.6 Å². The number of hydrogen-bond donors (Lipinski definition) is 0. The largest absolute Gasteiger partial charge is 0.450 e. The van der Waals surface area contributed by atoms with Crippen molar-refractivity contribution in [2.24, 2.45) is 0 Å². The van der Waals surface area contributed by atoms with Crippen LogP contribution in [-0.2, 0) is 4.74 Å². The van der Waals surface area contributed by atoms with Crippen molar-refractivity contribution in [2.75, 3.05) is 25.7 Å². The molecule has 0 aliphatic rings. The molecule has 0 aliphatic heterocycles. The monoisotopic (exact) mass is 210 g/mol. The fourth-order valence-corrected chi connectivity index (χ4v) is 0.834. The van der Waals surface area contributed by atoms with E-state index < -0.39 is 11.0 Å². The minimum atomic E-state index is -0.626. The van der Waals surface area contributed by atoms with Gasteiger partial charge in [-0.2, -0.15) is 0 Å². The molecule has 0 aromatic carbocycles. The second-order valence-electron chi connectivity index (χ2n) is 2.14. The summed E-state index contributed by atoms with van der Waals surface area (Å²) in [5, 5.41) is 9.98. The van der Waals surface area contributed by atoms with E-state index in [2.05, 4.69) is 4.74 Å². The van der Waals surface area contributed by atoms with Crippen molar-refractivity contribution in [1.82, 2.24) is 4.90 Å². The zero-order valence-corrected chi connectivity index (χ0v) is 7.99. The molecule has 0 rings (SSSR count). The number of amides is 1. The van der Waals surface area contributed by atoms with E-state index in [1.54, 1.807) is 6.92 Å². The quantitative estimate of drug-likeness (QED) is 0.293. The molecule has 0 bridgehead atoms. The van der Waals surface area contributed by atoms with Crippen LogP contribution in [-0.4, -0.2) is 41.6 Å². The van der Waals surface area contributed by atoms with Gasteiger partial charge in [-0.05, 0) is 6.92 Å². The minimum Gasteiger partial charge on any atom is -0.450 e. The standard InChI is InChI=1S/C6H11ClN2O4/c1-2-13-6(10)8(5-7)3-4-9(11)12/h2-5H2,1H3. The number of alkyl halides is 1. The Bertz CT molecular complexity index is 187. The molecule has 6 nitrogen and oxygen atoms in total. The molecule has 76 valence electrons. The number of carbonyl (C=O) groups is 1. The van der Waals surface area contributed by atoms with Crippen LogP contribution in [0.15, 0.2) is 0 Å². The van der Waals surface area contributed by atoms with Crippen molar-refractivity contribution >= 4 is 17.7 Å². The number of nitro groups is 1. The van der Waals surface area contributed by atoms with E-state index >= 15 is 0 Å². The van der Waals surface area contributed by atoms with Gasteiger partial charge in [0, 0.05) is 4.92 Å². The first kappa shape index (κ1) is 12.0. The highest BCUT2D eigenvalue weighted by atomic mass is 35.5. The van der Waals surface area contributed by atoms with Gasteiger partial charge >= 0.3 is 6.09 Å². The van der Waals surface area contributed by atoms with E-state index in [4.69, 9.17) is 11.6 Å². The fourth-order valence-electron chi connectivity index (χ4n) is 0.617. The van der Waals surface area contributed by atoms with Crippen LogP contribution in [0.4, 0.5) is 4.79 Å². The molecule has 0 unspecified atom stereocenters. The van der Waals surface area contributed by atoms with Gasteiger partial charge in [0.05, 0.1) is 19.2 Å². The number of halogens is 1. The summed E-state index contributed by atoms with van der Waals surface area (Å²) in [4.78, 5) is 21.5. The van der Waals surface area contributed by atoms with E-state index in [0.29, 0.717) is 0 Å². The average molecular weight is 211 g/mol. The molecule has 0 fully saturated rings. The molecule has 0 atom stereocenters. The Labute approximate surface area is 80.6 Å². The smallest absolute Gasteiger partial charge is 0.410 e. The molecular weight excluding hydrogens is 200 g/mol. The third-order valence-corrected chi connectivity index (χ3v) is 1.51. The van der Waals surface area contributed by atoms with Crippen molar-refractivity contribution < 1.29 is 14.5 Å². The minimum absolute atomic E-state index is 0.0324. The molecular formula is C6H11ClN2O4. The van der Waals surface area contributed by atoms with Crippen molar-refractivity contribution in [3.63, 3.8) is 0 Å². The summed E-state index contributed by atoms with van der Waals surface area (Å²) in [5.41, 5.74) is 0. The Kier molecular flexibility index (Phi) is 5.96. The summed E-state index contributed by atoms with van der Waals surface area (Å²) < 4.78 is 4.61. The van der Waals surface area contributed by atoms with Crippen molar-refractivity contribution in [3.05, 3.63) is 10.1 Å². The van der Waals surface area contributed by atoms with Gasteiger partial charge in [0.1, 0.15) is 0 Å². The highest BCUT2D eigenvalue weighted by molar-refractivity contribution is 6.18. The van der Waals surface area contributed by atoms with Gasteiger partial charge in [-0.3, -0.25) is 15.0 Å². The average Bonchev–Trinajstić information content (AvgIpc) is 2.05. The van der Waals surface area contributed by atoms with Gasteiger partial charge in [0.25, 0.3) is 0 Å². The molecule has 0 saturated carbocycles. The Hall–Kier alpha value is -1.04. The lowest BCUT2D eigenvalue weighted by Gasteiger charge is -2.16. The summed E-state index contributed by atoms with van der Waals surface area (Å²) in [5.74, 6) is 0. The van der Waals surface area contributed by atoms with Crippen LogP contribution in [0.25, 0.3) is 0 Å². The van der Waals surface area contributed by atoms with E-state index in [-0.39, 0.29) is 25.7 Å². The first-order valence-corrected chi connectivity index (χ1v) is 4.24. The Morgan fingerprint density at radius 2 is 2.31 bits per heavy atom. The highest BCUT2D eigenvalue weighted by Gasteiger charge is 2.14. The van der Waals surface area contributed by atoms with Gasteiger partial charge in [-0.1, -0.05) is 0 Å². The Morgan fingerprint density at radius 1 is 1.69 bits per heavy atom. The summed E-state index contributed by atoms with van der Waals surface area (Å²) in [6, 6.07) is -0.104. The summed E-state index contributed by atoms with van der Waals surface area (Å²) in [6.07, 6.45) is -0.626. The fraction of sp³-hybridized carbons (Fsp3) is 0.833. The van der Waals surface area contributed by atoms with Crippen LogP contribution in [0.2, 0.25) is 0 Å². The van der Waals surface area contributed by atoms with Crippen LogP contribution < -0.4 is 0 Å². The molecule has 0 saturated heterocycles. The Morgan fingerprint density at radius 3 is 2.69 bits per heavy atom. The number of hydrogen-bond acceptors (Lipinski definition) is 4. The first-order chi connectivity index (χ1) is 6.11. The lowest BCUT2D eigenvalue weighted by Crippen LogP contribution is -2.34. The maximum Gasteiger partial charge on any atom is 0.410 e. The molecule has 0 aromatic heterocycles. The Balaban J connectivity index is 3.87.